The lowest BCUT2D eigenvalue weighted by atomic mass is 10.2. The summed E-state index contributed by atoms with van der Waals surface area (Å²) in [6.07, 6.45) is 0. The van der Waals surface area contributed by atoms with Gasteiger partial charge in [0.2, 0.25) is 0 Å². The van der Waals surface area contributed by atoms with Gasteiger partial charge in [-0.1, -0.05) is 46.2 Å². The van der Waals surface area contributed by atoms with E-state index in [-0.39, 0.29) is 5.91 Å². The number of rotatable bonds is 4. The van der Waals surface area contributed by atoms with Gasteiger partial charge in [-0.3, -0.25) is 4.79 Å². The van der Waals surface area contributed by atoms with Crippen molar-refractivity contribution >= 4 is 44.8 Å². The summed E-state index contributed by atoms with van der Waals surface area (Å²) in [6, 6.07) is 7.40. The van der Waals surface area contributed by atoms with E-state index in [1.807, 2.05) is 31.2 Å². The van der Waals surface area contributed by atoms with Crippen molar-refractivity contribution in [2.45, 2.75) is 6.92 Å². The smallest absolute Gasteiger partial charge is 0.263 e. The van der Waals surface area contributed by atoms with E-state index in [4.69, 9.17) is 11.6 Å². The van der Waals surface area contributed by atoms with E-state index >= 15 is 0 Å². The maximum absolute atomic E-state index is 12.0. The lowest BCUT2D eigenvalue weighted by Gasteiger charge is -2.01. The van der Waals surface area contributed by atoms with E-state index in [0.29, 0.717) is 16.4 Å². The van der Waals surface area contributed by atoms with Crippen LogP contribution >= 0.6 is 38.9 Å². The number of nitrogens with zero attached hydrogens (tertiary/aromatic N) is 1. The van der Waals surface area contributed by atoms with Gasteiger partial charge in [0, 0.05) is 21.6 Å². The van der Waals surface area contributed by atoms with Gasteiger partial charge in [-0.2, -0.15) is 0 Å². The Labute approximate surface area is 134 Å². The van der Waals surface area contributed by atoms with Crippen molar-refractivity contribution in [3.63, 3.8) is 0 Å². The zero-order chi connectivity index (χ0) is 14.7. The van der Waals surface area contributed by atoms with E-state index in [1.165, 1.54) is 11.3 Å². The van der Waals surface area contributed by atoms with E-state index in [9.17, 15) is 4.79 Å². The molecule has 1 aromatic heterocycles. The average molecular weight is 372 g/mol. The summed E-state index contributed by atoms with van der Waals surface area (Å²) in [5.41, 5.74) is 1.67. The Balaban J connectivity index is 2.23. The van der Waals surface area contributed by atoms with Crippen LogP contribution in [0.15, 0.2) is 35.3 Å². The van der Waals surface area contributed by atoms with Gasteiger partial charge in [-0.15, -0.1) is 11.3 Å². The number of carbonyl (C=O) groups is 1. The number of amides is 1. The van der Waals surface area contributed by atoms with Crippen LogP contribution in [-0.2, 0) is 0 Å². The molecule has 0 unspecified atom stereocenters. The third-order valence-corrected chi connectivity index (χ3v) is 4.27. The summed E-state index contributed by atoms with van der Waals surface area (Å²) in [7, 11) is 0. The molecule has 2 aromatic rings. The molecular formula is C14H12BrClN2OS. The summed E-state index contributed by atoms with van der Waals surface area (Å²) in [6.45, 7) is 5.90. The van der Waals surface area contributed by atoms with Crippen molar-refractivity contribution in [1.82, 2.24) is 10.3 Å². The van der Waals surface area contributed by atoms with Crippen LogP contribution in [0.5, 0.6) is 0 Å². The summed E-state index contributed by atoms with van der Waals surface area (Å²) >= 11 is 10.4. The highest BCUT2D eigenvalue weighted by molar-refractivity contribution is 9.11. The molecule has 0 fully saturated rings. The van der Waals surface area contributed by atoms with Crippen molar-refractivity contribution in [3.05, 3.63) is 50.9 Å². The first-order chi connectivity index (χ1) is 9.47. The van der Waals surface area contributed by atoms with Gasteiger partial charge in [-0.05, 0) is 19.1 Å². The molecule has 0 saturated heterocycles. The fraction of sp³-hybridized carbons (Fsp3) is 0.143. The van der Waals surface area contributed by atoms with E-state index in [0.717, 1.165) is 20.7 Å². The van der Waals surface area contributed by atoms with Crippen LogP contribution in [0.2, 0.25) is 5.02 Å². The Kier molecular flexibility index (Phi) is 4.96. The first kappa shape index (κ1) is 15.2. The van der Waals surface area contributed by atoms with Gasteiger partial charge >= 0.3 is 0 Å². The fourth-order valence-electron chi connectivity index (χ4n) is 1.58. The van der Waals surface area contributed by atoms with Gasteiger partial charge in [0.25, 0.3) is 5.91 Å². The second-order valence-corrected chi connectivity index (χ2v) is 6.70. The van der Waals surface area contributed by atoms with Crippen molar-refractivity contribution in [3.8, 4) is 10.6 Å². The number of benzene rings is 1. The summed E-state index contributed by atoms with van der Waals surface area (Å²) in [5, 5.41) is 4.26. The molecule has 1 amide bonds. The zero-order valence-electron chi connectivity index (χ0n) is 10.7. The van der Waals surface area contributed by atoms with Crippen molar-refractivity contribution < 1.29 is 4.79 Å². The molecule has 6 heteroatoms. The molecule has 1 heterocycles. The lowest BCUT2D eigenvalue weighted by molar-refractivity contribution is 0.0961. The van der Waals surface area contributed by atoms with E-state index in [2.05, 4.69) is 32.8 Å². The molecule has 0 spiro atoms. The SMILES string of the molecule is C=C(Br)CNC(=O)c1sc(-c2ccc(Cl)cc2)nc1C. The Morgan fingerprint density at radius 3 is 2.70 bits per heavy atom. The molecule has 1 N–H and O–H groups in total. The second kappa shape index (κ2) is 6.52. The number of halogens is 2. The Hall–Kier alpha value is -1.17. The standard InChI is InChI=1S/C14H12BrClN2OS/c1-8(15)7-17-13(19)12-9(2)18-14(20-12)10-3-5-11(16)6-4-10/h3-6H,1,7H2,2H3,(H,17,19). The topological polar surface area (TPSA) is 42.0 Å². The summed E-state index contributed by atoms with van der Waals surface area (Å²) in [4.78, 5) is 17.1. The molecular weight excluding hydrogens is 360 g/mol. The minimum Gasteiger partial charge on any atom is -0.347 e. The molecule has 20 heavy (non-hydrogen) atoms. The maximum Gasteiger partial charge on any atom is 0.263 e. The van der Waals surface area contributed by atoms with Crippen LogP contribution in [0.3, 0.4) is 0 Å². The van der Waals surface area contributed by atoms with Crippen LogP contribution in [0.25, 0.3) is 10.6 Å². The minimum atomic E-state index is -0.138. The number of aromatic nitrogens is 1. The molecule has 0 aliphatic rings. The van der Waals surface area contributed by atoms with Crippen LogP contribution in [0, 0.1) is 6.92 Å². The Morgan fingerprint density at radius 1 is 1.45 bits per heavy atom. The average Bonchev–Trinajstić information content (AvgIpc) is 2.79. The second-order valence-electron chi connectivity index (χ2n) is 4.14. The monoisotopic (exact) mass is 370 g/mol. The summed E-state index contributed by atoms with van der Waals surface area (Å²) in [5.74, 6) is -0.138. The predicted octanol–water partition coefficient (Wildman–Crippen LogP) is 4.41. The predicted molar refractivity (Wildman–Crippen MR) is 87.7 cm³/mol. The summed E-state index contributed by atoms with van der Waals surface area (Å²) < 4.78 is 0.728. The molecule has 0 aliphatic heterocycles. The highest BCUT2D eigenvalue weighted by Crippen LogP contribution is 2.28. The van der Waals surface area contributed by atoms with Gasteiger partial charge < -0.3 is 5.32 Å². The Bertz CT molecular complexity index is 652. The largest absolute Gasteiger partial charge is 0.347 e. The number of nitrogens with one attached hydrogen (secondary N) is 1. The van der Waals surface area contributed by atoms with Crippen LogP contribution in [0.1, 0.15) is 15.4 Å². The molecule has 3 nitrogen and oxygen atoms in total. The first-order valence-corrected chi connectivity index (χ1v) is 7.81. The zero-order valence-corrected chi connectivity index (χ0v) is 13.9. The van der Waals surface area contributed by atoms with E-state index < -0.39 is 0 Å². The maximum atomic E-state index is 12.0. The lowest BCUT2D eigenvalue weighted by Crippen LogP contribution is -2.24. The Morgan fingerprint density at radius 2 is 2.10 bits per heavy atom. The van der Waals surface area contributed by atoms with Gasteiger partial charge in [-0.25, -0.2) is 4.98 Å². The number of hydrogen-bond donors (Lipinski definition) is 1. The number of aryl methyl sites for hydroxylation is 1. The fourth-order valence-corrected chi connectivity index (χ4v) is 2.83. The third kappa shape index (κ3) is 3.69. The quantitative estimate of drug-likeness (QED) is 0.865. The third-order valence-electron chi connectivity index (χ3n) is 2.53. The normalized spacial score (nSPS) is 10.3. The highest BCUT2D eigenvalue weighted by Gasteiger charge is 2.15. The van der Waals surface area contributed by atoms with Crippen LogP contribution < -0.4 is 5.32 Å². The molecule has 0 atom stereocenters. The van der Waals surface area contributed by atoms with Crippen molar-refractivity contribution in [1.29, 1.82) is 0 Å². The number of carbonyl (C=O) groups excluding carboxylic acids is 1. The number of hydrogen-bond acceptors (Lipinski definition) is 3. The molecule has 1 aromatic carbocycles. The molecule has 2 rings (SSSR count). The first-order valence-electron chi connectivity index (χ1n) is 5.82. The molecule has 0 saturated carbocycles. The van der Waals surface area contributed by atoms with E-state index in [1.54, 1.807) is 0 Å². The molecule has 0 bridgehead atoms. The van der Waals surface area contributed by atoms with Crippen LogP contribution in [0.4, 0.5) is 0 Å². The number of thiazole rings is 1. The van der Waals surface area contributed by atoms with Gasteiger partial charge in [0.05, 0.1) is 5.69 Å². The molecule has 0 aliphatic carbocycles. The van der Waals surface area contributed by atoms with Crippen molar-refractivity contribution in [2.24, 2.45) is 0 Å². The van der Waals surface area contributed by atoms with Gasteiger partial charge in [0.15, 0.2) is 0 Å². The van der Waals surface area contributed by atoms with Crippen LogP contribution in [-0.4, -0.2) is 17.4 Å². The minimum absolute atomic E-state index is 0.138. The molecule has 0 radical (unpaired) electrons. The highest BCUT2D eigenvalue weighted by atomic mass is 79.9. The van der Waals surface area contributed by atoms with Gasteiger partial charge in [0.1, 0.15) is 9.88 Å². The molecule has 104 valence electrons. The van der Waals surface area contributed by atoms with Crippen molar-refractivity contribution in [2.75, 3.05) is 6.54 Å².